The van der Waals surface area contributed by atoms with Crippen LogP contribution in [0.3, 0.4) is 0 Å². The molecule has 0 bridgehead atoms. The number of ether oxygens (including phenoxy) is 3. The molecule has 8 nitrogen and oxygen atoms in total. The largest absolute Gasteiger partial charge is 0.462 e. The van der Waals surface area contributed by atoms with Crippen LogP contribution in [-0.2, 0) is 23.8 Å². The number of ketones is 1. The van der Waals surface area contributed by atoms with E-state index < -0.39 is 42.5 Å². The van der Waals surface area contributed by atoms with Crippen molar-refractivity contribution in [1.29, 1.82) is 0 Å². The van der Waals surface area contributed by atoms with Crippen molar-refractivity contribution in [2.45, 2.75) is 70.4 Å². The number of Topliss-reactive ketones (excluding diaryl/α,β-unsaturated/α-hetero) is 1. The maximum absolute atomic E-state index is 13.9. The summed E-state index contributed by atoms with van der Waals surface area (Å²) < 4.78 is 17.4. The van der Waals surface area contributed by atoms with Gasteiger partial charge in [-0.15, -0.1) is 0 Å². The van der Waals surface area contributed by atoms with Crippen molar-refractivity contribution in [3.63, 3.8) is 0 Å². The maximum atomic E-state index is 13.9. The van der Waals surface area contributed by atoms with Crippen molar-refractivity contribution in [2.24, 2.45) is 23.2 Å². The first kappa shape index (κ1) is 31.8. The van der Waals surface area contributed by atoms with Gasteiger partial charge in [-0.1, -0.05) is 68.5 Å². The highest BCUT2D eigenvalue weighted by molar-refractivity contribution is 6.01. The number of carbonyl (C=O) groups excluding carboxylic acids is 3. The summed E-state index contributed by atoms with van der Waals surface area (Å²) in [5.74, 6) is -2.17. The van der Waals surface area contributed by atoms with Crippen molar-refractivity contribution in [3.05, 3.63) is 89.5 Å². The molecule has 2 fully saturated rings. The molecule has 44 heavy (non-hydrogen) atoms. The summed E-state index contributed by atoms with van der Waals surface area (Å²) in [6.45, 7) is 5.64. The fraction of sp³-hybridized carbons (Fsp3) is 0.472. The molecule has 5 rings (SSSR count). The number of fused-ring (bicyclic) bond motifs is 2. The number of epoxide rings is 1. The number of esters is 2. The third-order valence-corrected chi connectivity index (χ3v) is 9.71. The Kier molecular flexibility index (Phi) is 9.53. The highest BCUT2D eigenvalue weighted by Gasteiger charge is 2.59. The van der Waals surface area contributed by atoms with Crippen LogP contribution in [0.4, 0.5) is 0 Å². The van der Waals surface area contributed by atoms with Crippen LogP contribution in [0.1, 0.15) is 62.4 Å². The van der Waals surface area contributed by atoms with Crippen molar-refractivity contribution in [3.8, 4) is 0 Å². The molecule has 2 N–H and O–H groups in total. The van der Waals surface area contributed by atoms with E-state index in [9.17, 15) is 24.6 Å². The standard InChI is InChI=1S/C36H42O8/c1-35(2)27-16-17-36(3)31(44-36)20-29(38)26(22-42-34(41)24-12-8-5-9-13-24)19-30(33(40)25(21-37)18-28(27)35)43-32(39)15-14-23-10-6-4-7-11-23/h4-15,18,26-31,37-38H,16-17,19-22H2,1-3H3/b15-14+,25-18+/t26-,27+,28-,29-,30+,31-,36-/m1/s1. The minimum absolute atomic E-state index is 0.0556. The second kappa shape index (κ2) is 13.2. The number of carbonyl (C=O) groups is 3. The number of hydrogen-bond donors (Lipinski definition) is 2. The van der Waals surface area contributed by atoms with E-state index in [2.05, 4.69) is 13.8 Å². The van der Waals surface area contributed by atoms with E-state index in [1.807, 2.05) is 43.3 Å². The summed E-state index contributed by atoms with van der Waals surface area (Å²) in [5.41, 5.74) is 0.896. The first-order chi connectivity index (χ1) is 21.0. The van der Waals surface area contributed by atoms with E-state index in [0.29, 0.717) is 11.5 Å². The van der Waals surface area contributed by atoms with Crippen LogP contribution in [0.5, 0.6) is 0 Å². The molecule has 0 amide bonds. The normalized spacial score (nSPS) is 32.8. The maximum Gasteiger partial charge on any atom is 0.338 e. The van der Waals surface area contributed by atoms with E-state index in [1.165, 1.54) is 6.08 Å². The smallest absolute Gasteiger partial charge is 0.338 e. The van der Waals surface area contributed by atoms with E-state index in [1.54, 1.807) is 36.4 Å². The minimum Gasteiger partial charge on any atom is -0.462 e. The first-order valence-corrected chi connectivity index (χ1v) is 15.4. The molecule has 0 radical (unpaired) electrons. The van der Waals surface area contributed by atoms with Gasteiger partial charge in [0.05, 0.1) is 36.6 Å². The van der Waals surface area contributed by atoms with Gasteiger partial charge in [-0.2, -0.15) is 0 Å². The van der Waals surface area contributed by atoms with Gasteiger partial charge in [-0.3, -0.25) is 4.79 Å². The second-order valence-electron chi connectivity index (χ2n) is 13.1. The van der Waals surface area contributed by atoms with E-state index in [4.69, 9.17) is 14.2 Å². The van der Waals surface area contributed by atoms with Crippen LogP contribution in [-0.4, -0.2) is 65.1 Å². The Morgan fingerprint density at radius 3 is 2.39 bits per heavy atom. The average molecular weight is 603 g/mol. The Bertz CT molecular complexity index is 1400. The molecular formula is C36H42O8. The van der Waals surface area contributed by atoms with Crippen LogP contribution < -0.4 is 0 Å². The molecule has 1 aliphatic heterocycles. The predicted octanol–water partition coefficient (Wildman–Crippen LogP) is 4.94. The second-order valence-corrected chi connectivity index (χ2v) is 13.1. The van der Waals surface area contributed by atoms with Gasteiger partial charge < -0.3 is 24.4 Å². The van der Waals surface area contributed by atoms with Gasteiger partial charge in [0.15, 0.2) is 6.10 Å². The van der Waals surface area contributed by atoms with Crippen molar-refractivity contribution in [2.75, 3.05) is 13.2 Å². The lowest BCUT2D eigenvalue weighted by Crippen LogP contribution is -2.37. The summed E-state index contributed by atoms with van der Waals surface area (Å²) in [5, 5.41) is 21.7. The fourth-order valence-corrected chi connectivity index (χ4v) is 6.54. The number of aliphatic hydroxyl groups is 2. The number of aliphatic hydroxyl groups excluding tert-OH is 2. The van der Waals surface area contributed by atoms with Crippen molar-refractivity contribution in [1.82, 2.24) is 0 Å². The quantitative estimate of drug-likeness (QED) is 0.260. The molecule has 7 atom stereocenters. The lowest BCUT2D eigenvalue weighted by molar-refractivity contribution is -0.151. The lowest BCUT2D eigenvalue weighted by Gasteiger charge is -2.27. The van der Waals surface area contributed by atoms with Crippen LogP contribution in [0, 0.1) is 23.2 Å². The molecule has 234 valence electrons. The number of rotatable bonds is 7. The SMILES string of the molecule is CC1(C)[C@@H]2/C=C(\CO)C(=O)[C@@H](OC(=O)/C=C/c3ccccc3)C[C@H](COC(=O)c3ccccc3)[C@H](O)C[C@H]3O[C@]3(C)CC[C@@H]21. The molecule has 0 unspecified atom stereocenters. The topological polar surface area (TPSA) is 123 Å². The third kappa shape index (κ3) is 7.37. The fourth-order valence-electron chi connectivity index (χ4n) is 6.54. The van der Waals surface area contributed by atoms with Crippen molar-refractivity contribution < 1.29 is 38.8 Å². The molecule has 3 aliphatic rings. The Hall–Kier alpha value is -3.59. The van der Waals surface area contributed by atoms with Crippen LogP contribution in [0.2, 0.25) is 0 Å². The third-order valence-electron chi connectivity index (χ3n) is 9.71. The summed E-state index contributed by atoms with van der Waals surface area (Å²) >= 11 is 0. The van der Waals surface area contributed by atoms with Gasteiger partial charge in [0.2, 0.25) is 5.78 Å². The van der Waals surface area contributed by atoms with Crippen molar-refractivity contribution >= 4 is 23.8 Å². The highest BCUT2D eigenvalue weighted by atomic mass is 16.6. The van der Waals surface area contributed by atoms with Crippen LogP contribution >= 0.6 is 0 Å². The Morgan fingerprint density at radius 2 is 1.70 bits per heavy atom. The number of hydrogen-bond acceptors (Lipinski definition) is 8. The van der Waals surface area contributed by atoms with Gasteiger partial charge in [-0.25, -0.2) is 9.59 Å². The summed E-state index contributed by atoms with van der Waals surface area (Å²) in [7, 11) is 0. The van der Waals surface area contributed by atoms with Gasteiger partial charge in [-0.05, 0) is 60.8 Å². The Balaban J connectivity index is 1.42. The monoisotopic (exact) mass is 602 g/mol. The van der Waals surface area contributed by atoms with E-state index in [0.717, 1.165) is 18.4 Å². The molecule has 2 aliphatic carbocycles. The Labute approximate surface area is 258 Å². The molecule has 1 saturated heterocycles. The van der Waals surface area contributed by atoms with E-state index >= 15 is 0 Å². The molecular weight excluding hydrogens is 560 g/mol. The molecule has 8 heteroatoms. The molecule has 2 aromatic rings. The molecule has 2 aromatic carbocycles. The zero-order valence-corrected chi connectivity index (χ0v) is 25.6. The highest BCUT2D eigenvalue weighted by Crippen LogP contribution is 2.62. The van der Waals surface area contributed by atoms with Gasteiger partial charge >= 0.3 is 11.9 Å². The molecule has 1 heterocycles. The summed E-state index contributed by atoms with van der Waals surface area (Å²) in [6.07, 6.45) is 4.04. The van der Waals surface area contributed by atoms with Crippen LogP contribution in [0.25, 0.3) is 6.08 Å². The van der Waals surface area contributed by atoms with E-state index in [-0.39, 0.29) is 48.1 Å². The lowest BCUT2D eigenvalue weighted by atomic mass is 9.87. The number of allylic oxidation sites excluding steroid dienone is 1. The summed E-state index contributed by atoms with van der Waals surface area (Å²) in [6, 6.07) is 17.7. The minimum atomic E-state index is -1.31. The van der Waals surface area contributed by atoms with Gasteiger partial charge in [0.25, 0.3) is 0 Å². The Morgan fingerprint density at radius 1 is 1.02 bits per heavy atom. The van der Waals surface area contributed by atoms with Crippen LogP contribution in [0.15, 0.2) is 78.4 Å². The van der Waals surface area contributed by atoms with Gasteiger partial charge in [0.1, 0.15) is 0 Å². The average Bonchev–Trinajstić information content (AvgIpc) is 3.83. The molecule has 0 spiro atoms. The zero-order valence-electron chi connectivity index (χ0n) is 25.6. The zero-order chi connectivity index (χ0) is 31.5. The predicted molar refractivity (Wildman–Crippen MR) is 164 cm³/mol. The van der Waals surface area contributed by atoms with Gasteiger partial charge in [0, 0.05) is 30.4 Å². The molecule has 1 saturated carbocycles. The summed E-state index contributed by atoms with van der Waals surface area (Å²) in [4.78, 5) is 39.7. The molecule has 0 aromatic heterocycles. The number of benzene rings is 2. The first-order valence-electron chi connectivity index (χ1n) is 15.4.